The zero-order valence-electron chi connectivity index (χ0n) is 9.17. The number of aryl methyl sites for hydroxylation is 1. The Hall–Kier alpha value is -0.940. The van der Waals surface area contributed by atoms with Gasteiger partial charge in [-0.2, -0.15) is 0 Å². The van der Waals surface area contributed by atoms with E-state index in [1.54, 1.807) is 11.3 Å². The lowest BCUT2D eigenvalue weighted by Gasteiger charge is -2.02. The summed E-state index contributed by atoms with van der Waals surface area (Å²) in [5, 5.41) is 6.76. The molecule has 0 bridgehead atoms. The fourth-order valence-corrected chi connectivity index (χ4v) is 1.87. The van der Waals surface area contributed by atoms with Crippen LogP contribution in [0, 0.1) is 0 Å². The number of aromatic nitrogens is 1. The Bertz CT molecular complexity index is 311. The lowest BCUT2D eigenvalue weighted by atomic mass is 10.4. The molecular formula is C10H17N3OS. The molecule has 2 N–H and O–H groups in total. The zero-order valence-corrected chi connectivity index (χ0v) is 9.99. The molecule has 0 radical (unpaired) electrons. The first-order valence-corrected chi connectivity index (χ1v) is 5.98. The van der Waals surface area contributed by atoms with Crippen molar-refractivity contribution >= 4 is 17.2 Å². The minimum absolute atomic E-state index is 0.0186. The lowest BCUT2D eigenvalue weighted by molar-refractivity contribution is -0.120. The summed E-state index contributed by atoms with van der Waals surface area (Å²) in [5.74, 6) is 0.0186. The fraction of sp³-hybridized carbons (Fsp3) is 0.600. The average Bonchev–Trinajstić information content (AvgIpc) is 2.71. The van der Waals surface area contributed by atoms with Crippen molar-refractivity contribution in [1.82, 2.24) is 15.6 Å². The molecule has 5 heteroatoms. The van der Waals surface area contributed by atoms with Gasteiger partial charge in [0.25, 0.3) is 0 Å². The molecular weight excluding hydrogens is 210 g/mol. The molecule has 0 aliphatic carbocycles. The van der Waals surface area contributed by atoms with Gasteiger partial charge in [0, 0.05) is 11.1 Å². The predicted molar refractivity (Wildman–Crippen MR) is 61.9 cm³/mol. The van der Waals surface area contributed by atoms with Crippen molar-refractivity contribution in [3.63, 3.8) is 0 Å². The van der Waals surface area contributed by atoms with Crippen molar-refractivity contribution in [3.05, 3.63) is 16.1 Å². The van der Waals surface area contributed by atoms with Gasteiger partial charge in [0.15, 0.2) is 0 Å². The van der Waals surface area contributed by atoms with Crippen LogP contribution in [-0.2, 0) is 17.8 Å². The van der Waals surface area contributed by atoms with E-state index in [2.05, 4.69) is 22.5 Å². The first-order chi connectivity index (χ1) is 7.26. The molecule has 0 fully saturated rings. The van der Waals surface area contributed by atoms with Gasteiger partial charge >= 0.3 is 0 Å². The summed E-state index contributed by atoms with van der Waals surface area (Å²) in [6.07, 6.45) is 2.87. The normalized spacial score (nSPS) is 10.3. The highest BCUT2D eigenvalue weighted by atomic mass is 32.1. The predicted octanol–water partition coefficient (Wildman–Crippen LogP) is 0.931. The summed E-state index contributed by atoms with van der Waals surface area (Å²) in [5.41, 5.74) is 0. The molecule has 1 heterocycles. The minimum Gasteiger partial charge on any atom is -0.348 e. The van der Waals surface area contributed by atoms with Gasteiger partial charge in [0.05, 0.1) is 13.1 Å². The van der Waals surface area contributed by atoms with Gasteiger partial charge in [-0.15, -0.1) is 11.3 Å². The molecule has 0 aliphatic heterocycles. The largest absolute Gasteiger partial charge is 0.348 e. The van der Waals surface area contributed by atoms with E-state index >= 15 is 0 Å². The summed E-state index contributed by atoms with van der Waals surface area (Å²) >= 11 is 1.65. The van der Waals surface area contributed by atoms with E-state index in [0.717, 1.165) is 18.0 Å². The highest BCUT2D eigenvalue weighted by molar-refractivity contribution is 7.11. The van der Waals surface area contributed by atoms with Gasteiger partial charge < -0.3 is 10.6 Å². The smallest absolute Gasteiger partial charge is 0.234 e. The molecule has 15 heavy (non-hydrogen) atoms. The van der Waals surface area contributed by atoms with Gasteiger partial charge in [-0.05, 0) is 13.0 Å². The summed E-state index contributed by atoms with van der Waals surface area (Å²) in [4.78, 5) is 16.7. The Morgan fingerprint density at radius 2 is 2.33 bits per heavy atom. The molecule has 0 aromatic carbocycles. The van der Waals surface area contributed by atoms with Gasteiger partial charge in [-0.1, -0.05) is 13.8 Å². The van der Waals surface area contributed by atoms with E-state index in [4.69, 9.17) is 0 Å². The number of nitrogens with one attached hydrogen (secondary N) is 2. The number of hydrogen-bond donors (Lipinski definition) is 2. The zero-order chi connectivity index (χ0) is 11.1. The van der Waals surface area contributed by atoms with E-state index in [-0.39, 0.29) is 5.91 Å². The van der Waals surface area contributed by atoms with Crippen LogP contribution < -0.4 is 10.6 Å². The van der Waals surface area contributed by atoms with Crippen LogP contribution in [0.4, 0.5) is 0 Å². The molecule has 1 rings (SSSR count). The lowest BCUT2D eigenvalue weighted by Crippen LogP contribution is -2.33. The topological polar surface area (TPSA) is 54.0 Å². The molecule has 1 amide bonds. The standard InChI is InChI=1S/C10H17N3OS/c1-3-8-5-13-10(15-8)7-12-9(14)6-11-4-2/h5,11H,3-4,6-7H2,1-2H3,(H,12,14). The molecule has 84 valence electrons. The van der Waals surface area contributed by atoms with E-state index in [0.29, 0.717) is 13.1 Å². The number of nitrogens with zero attached hydrogens (tertiary/aromatic N) is 1. The first kappa shape index (κ1) is 12.1. The Kier molecular flexibility index (Phi) is 5.28. The molecule has 4 nitrogen and oxygen atoms in total. The summed E-state index contributed by atoms with van der Waals surface area (Å²) in [7, 11) is 0. The third-order valence-corrected chi connectivity index (χ3v) is 3.06. The Balaban J connectivity index is 2.27. The Morgan fingerprint density at radius 1 is 1.53 bits per heavy atom. The monoisotopic (exact) mass is 227 g/mol. The second-order valence-electron chi connectivity index (χ2n) is 3.13. The van der Waals surface area contributed by atoms with Crippen LogP contribution >= 0.6 is 11.3 Å². The van der Waals surface area contributed by atoms with Crippen molar-refractivity contribution in [2.75, 3.05) is 13.1 Å². The maximum Gasteiger partial charge on any atom is 0.234 e. The number of carbonyl (C=O) groups is 1. The van der Waals surface area contributed by atoms with Gasteiger partial charge in [-0.25, -0.2) is 4.98 Å². The number of amides is 1. The quantitative estimate of drug-likeness (QED) is 0.760. The number of carbonyl (C=O) groups excluding carboxylic acids is 1. The third-order valence-electron chi connectivity index (χ3n) is 1.92. The summed E-state index contributed by atoms with van der Waals surface area (Å²) in [6, 6.07) is 0. The van der Waals surface area contributed by atoms with Crippen LogP contribution in [0.3, 0.4) is 0 Å². The summed E-state index contributed by atoms with van der Waals surface area (Å²) < 4.78 is 0. The van der Waals surface area contributed by atoms with Crippen LogP contribution in [0.5, 0.6) is 0 Å². The number of thiazole rings is 1. The fourth-order valence-electron chi connectivity index (χ4n) is 1.07. The second-order valence-corrected chi connectivity index (χ2v) is 4.33. The van der Waals surface area contributed by atoms with E-state index in [1.807, 2.05) is 13.1 Å². The highest BCUT2D eigenvalue weighted by Gasteiger charge is 2.03. The van der Waals surface area contributed by atoms with Crippen molar-refractivity contribution in [3.8, 4) is 0 Å². The minimum atomic E-state index is 0.0186. The van der Waals surface area contributed by atoms with Gasteiger partial charge in [0.1, 0.15) is 5.01 Å². The second kappa shape index (κ2) is 6.53. The van der Waals surface area contributed by atoms with Crippen molar-refractivity contribution in [2.45, 2.75) is 26.8 Å². The van der Waals surface area contributed by atoms with E-state index in [9.17, 15) is 4.79 Å². The Morgan fingerprint density at radius 3 is 2.93 bits per heavy atom. The molecule has 0 atom stereocenters. The van der Waals surface area contributed by atoms with Crippen LogP contribution in [0.2, 0.25) is 0 Å². The Labute approximate surface area is 94.1 Å². The van der Waals surface area contributed by atoms with Crippen molar-refractivity contribution in [1.29, 1.82) is 0 Å². The maximum atomic E-state index is 11.3. The van der Waals surface area contributed by atoms with Gasteiger partial charge in [-0.3, -0.25) is 4.79 Å². The molecule has 1 aromatic heterocycles. The van der Waals surface area contributed by atoms with Crippen molar-refractivity contribution < 1.29 is 4.79 Å². The molecule has 0 spiro atoms. The first-order valence-electron chi connectivity index (χ1n) is 5.17. The third kappa shape index (κ3) is 4.40. The number of rotatable bonds is 6. The van der Waals surface area contributed by atoms with E-state index in [1.165, 1.54) is 4.88 Å². The highest BCUT2D eigenvalue weighted by Crippen LogP contribution is 2.12. The number of likely N-dealkylation sites (N-methyl/N-ethyl adjacent to an activating group) is 1. The van der Waals surface area contributed by atoms with E-state index < -0.39 is 0 Å². The SMILES string of the molecule is CCNCC(=O)NCc1ncc(CC)s1. The molecule has 0 saturated heterocycles. The molecule has 0 aliphatic rings. The van der Waals surface area contributed by atoms with Crippen LogP contribution in [-0.4, -0.2) is 24.0 Å². The maximum absolute atomic E-state index is 11.3. The van der Waals surface area contributed by atoms with Gasteiger partial charge in [0.2, 0.25) is 5.91 Å². The number of hydrogen-bond acceptors (Lipinski definition) is 4. The van der Waals surface area contributed by atoms with Crippen molar-refractivity contribution in [2.24, 2.45) is 0 Å². The van der Waals surface area contributed by atoms with Crippen LogP contribution in [0.1, 0.15) is 23.7 Å². The molecule has 0 unspecified atom stereocenters. The summed E-state index contributed by atoms with van der Waals surface area (Å²) in [6.45, 7) is 5.80. The molecule has 0 saturated carbocycles. The van der Waals surface area contributed by atoms with Crippen LogP contribution in [0.15, 0.2) is 6.20 Å². The van der Waals surface area contributed by atoms with Crippen LogP contribution in [0.25, 0.3) is 0 Å². The average molecular weight is 227 g/mol. The molecule has 1 aromatic rings.